The maximum atomic E-state index is 12.3. The third-order valence-electron chi connectivity index (χ3n) is 3.47. The highest BCUT2D eigenvalue weighted by Gasteiger charge is 2.25. The highest BCUT2D eigenvalue weighted by Crippen LogP contribution is 2.16. The first-order chi connectivity index (χ1) is 9.22. The maximum absolute atomic E-state index is 12.3. The number of rotatable bonds is 5. The Hall–Kier alpha value is -1.40. The fourth-order valence-electron chi connectivity index (χ4n) is 2.30. The van der Waals surface area contributed by atoms with Crippen molar-refractivity contribution in [1.29, 1.82) is 0 Å². The molecule has 1 aliphatic rings. The lowest BCUT2D eigenvalue weighted by Gasteiger charge is -2.31. The van der Waals surface area contributed by atoms with Gasteiger partial charge in [0.2, 0.25) is 0 Å². The van der Waals surface area contributed by atoms with Crippen LogP contribution in [0.15, 0.2) is 12.3 Å². The van der Waals surface area contributed by atoms with Gasteiger partial charge in [-0.1, -0.05) is 0 Å². The lowest BCUT2D eigenvalue weighted by molar-refractivity contribution is 0.00817. The van der Waals surface area contributed by atoms with E-state index in [9.17, 15) is 4.79 Å². The van der Waals surface area contributed by atoms with Crippen LogP contribution in [0.5, 0.6) is 0 Å². The molecular formula is C13H22N4O2. The zero-order valence-corrected chi connectivity index (χ0v) is 11.4. The minimum atomic E-state index is 0.0559. The van der Waals surface area contributed by atoms with Gasteiger partial charge in [-0.2, -0.15) is 5.10 Å². The molecule has 0 saturated carbocycles. The summed E-state index contributed by atoms with van der Waals surface area (Å²) in [4.78, 5) is 14.1. The van der Waals surface area contributed by atoms with Gasteiger partial charge in [0.25, 0.3) is 5.91 Å². The average Bonchev–Trinajstić information content (AvgIpc) is 2.85. The molecule has 6 nitrogen and oxygen atoms in total. The van der Waals surface area contributed by atoms with Crippen molar-refractivity contribution in [3.05, 3.63) is 18.0 Å². The van der Waals surface area contributed by atoms with Gasteiger partial charge >= 0.3 is 0 Å². The molecule has 0 radical (unpaired) electrons. The van der Waals surface area contributed by atoms with Crippen LogP contribution in [0.25, 0.3) is 0 Å². The Kier molecular flexibility index (Phi) is 4.93. The predicted octanol–water partition coefficient (Wildman–Crippen LogP) is 0.390. The summed E-state index contributed by atoms with van der Waals surface area (Å²) in [5.74, 6) is 0.0559. The molecule has 1 fully saturated rings. The normalized spacial score (nSPS) is 16.8. The van der Waals surface area contributed by atoms with Crippen molar-refractivity contribution >= 4 is 5.91 Å². The van der Waals surface area contributed by atoms with Gasteiger partial charge in [0.15, 0.2) is 0 Å². The molecule has 0 unspecified atom stereocenters. The van der Waals surface area contributed by atoms with Crippen LogP contribution >= 0.6 is 0 Å². The van der Waals surface area contributed by atoms with Crippen LogP contribution in [0.4, 0.5) is 0 Å². The SMILES string of the molecule is Cn1nccc1C(=O)N1CCC(OCCCN)CC1. The molecule has 106 valence electrons. The Bertz CT molecular complexity index is 411. The van der Waals surface area contributed by atoms with E-state index < -0.39 is 0 Å². The molecule has 0 aromatic carbocycles. The standard InChI is InChI=1S/C13H22N4O2/c1-16-12(3-7-15-16)13(18)17-8-4-11(5-9-17)19-10-2-6-14/h3,7,11H,2,4-6,8-10,14H2,1H3. The molecular weight excluding hydrogens is 244 g/mol. The number of hydrogen-bond donors (Lipinski definition) is 1. The molecule has 1 aliphatic heterocycles. The van der Waals surface area contributed by atoms with Crippen molar-refractivity contribution in [2.75, 3.05) is 26.2 Å². The van der Waals surface area contributed by atoms with Crippen LogP contribution in [0, 0.1) is 0 Å². The second kappa shape index (κ2) is 6.68. The fraction of sp³-hybridized carbons (Fsp3) is 0.692. The lowest BCUT2D eigenvalue weighted by atomic mass is 10.1. The summed E-state index contributed by atoms with van der Waals surface area (Å²) < 4.78 is 7.35. The summed E-state index contributed by atoms with van der Waals surface area (Å²) in [6, 6.07) is 1.76. The van der Waals surface area contributed by atoms with Crippen LogP contribution < -0.4 is 5.73 Å². The average molecular weight is 266 g/mol. The zero-order chi connectivity index (χ0) is 13.7. The van der Waals surface area contributed by atoms with Crippen molar-refractivity contribution in [2.24, 2.45) is 12.8 Å². The van der Waals surface area contributed by atoms with E-state index in [4.69, 9.17) is 10.5 Å². The van der Waals surface area contributed by atoms with Crippen molar-refractivity contribution in [3.63, 3.8) is 0 Å². The number of piperidine rings is 1. The number of nitrogens with zero attached hydrogens (tertiary/aromatic N) is 3. The van der Waals surface area contributed by atoms with E-state index in [1.165, 1.54) is 0 Å². The topological polar surface area (TPSA) is 73.4 Å². The van der Waals surface area contributed by atoms with Crippen LogP contribution in [-0.2, 0) is 11.8 Å². The van der Waals surface area contributed by atoms with Gasteiger partial charge in [-0.25, -0.2) is 0 Å². The van der Waals surface area contributed by atoms with E-state index in [-0.39, 0.29) is 12.0 Å². The van der Waals surface area contributed by atoms with Crippen LogP contribution in [0.3, 0.4) is 0 Å². The van der Waals surface area contributed by atoms with Crippen molar-refractivity contribution in [3.8, 4) is 0 Å². The second-order valence-electron chi connectivity index (χ2n) is 4.84. The Labute approximate surface area is 113 Å². The number of carbonyl (C=O) groups excluding carboxylic acids is 1. The van der Waals surface area contributed by atoms with E-state index in [0.717, 1.165) is 39.0 Å². The molecule has 1 amide bonds. The minimum absolute atomic E-state index is 0.0559. The fourth-order valence-corrected chi connectivity index (χ4v) is 2.30. The molecule has 2 rings (SSSR count). The van der Waals surface area contributed by atoms with Gasteiger partial charge in [-0.3, -0.25) is 9.48 Å². The van der Waals surface area contributed by atoms with Crippen LogP contribution in [0.2, 0.25) is 0 Å². The summed E-state index contributed by atoms with van der Waals surface area (Å²) in [6.07, 6.45) is 4.61. The maximum Gasteiger partial charge on any atom is 0.272 e. The summed E-state index contributed by atoms with van der Waals surface area (Å²) >= 11 is 0. The molecule has 0 aliphatic carbocycles. The van der Waals surface area contributed by atoms with E-state index in [1.807, 2.05) is 4.90 Å². The largest absolute Gasteiger partial charge is 0.378 e. The molecule has 1 aromatic rings. The molecule has 6 heteroatoms. The predicted molar refractivity (Wildman–Crippen MR) is 71.8 cm³/mol. The molecule has 0 bridgehead atoms. The smallest absolute Gasteiger partial charge is 0.272 e. The van der Waals surface area contributed by atoms with Gasteiger partial charge in [-0.05, 0) is 31.9 Å². The van der Waals surface area contributed by atoms with Gasteiger partial charge in [0, 0.05) is 32.9 Å². The van der Waals surface area contributed by atoms with Crippen molar-refractivity contribution < 1.29 is 9.53 Å². The number of likely N-dealkylation sites (tertiary alicyclic amines) is 1. The number of amides is 1. The van der Waals surface area contributed by atoms with Gasteiger partial charge in [0.05, 0.1) is 6.10 Å². The molecule has 0 atom stereocenters. The Balaban J connectivity index is 1.80. The van der Waals surface area contributed by atoms with E-state index in [2.05, 4.69) is 5.10 Å². The quantitative estimate of drug-likeness (QED) is 0.782. The molecule has 2 N–H and O–H groups in total. The summed E-state index contributed by atoms with van der Waals surface area (Å²) in [5, 5.41) is 4.03. The monoisotopic (exact) mass is 266 g/mol. The third-order valence-corrected chi connectivity index (χ3v) is 3.47. The first-order valence-corrected chi connectivity index (χ1v) is 6.81. The molecule has 1 saturated heterocycles. The van der Waals surface area contributed by atoms with Crippen LogP contribution in [-0.4, -0.2) is 52.9 Å². The molecule has 19 heavy (non-hydrogen) atoms. The number of aromatic nitrogens is 2. The van der Waals surface area contributed by atoms with Gasteiger partial charge in [-0.15, -0.1) is 0 Å². The first kappa shape index (κ1) is 14.0. The number of ether oxygens (including phenoxy) is 1. The number of hydrogen-bond acceptors (Lipinski definition) is 4. The number of carbonyl (C=O) groups is 1. The molecule has 2 heterocycles. The minimum Gasteiger partial charge on any atom is -0.378 e. The molecule has 0 spiro atoms. The Morgan fingerprint density at radius 3 is 2.84 bits per heavy atom. The van der Waals surface area contributed by atoms with E-state index in [0.29, 0.717) is 12.2 Å². The van der Waals surface area contributed by atoms with Crippen LogP contribution in [0.1, 0.15) is 29.8 Å². The highest BCUT2D eigenvalue weighted by molar-refractivity contribution is 5.92. The summed E-state index contributed by atoms with van der Waals surface area (Å²) in [5.41, 5.74) is 6.07. The molecule has 1 aromatic heterocycles. The van der Waals surface area contributed by atoms with Crippen molar-refractivity contribution in [1.82, 2.24) is 14.7 Å². The summed E-state index contributed by atoms with van der Waals surface area (Å²) in [6.45, 7) is 2.88. The van der Waals surface area contributed by atoms with Gasteiger partial charge in [0.1, 0.15) is 5.69 Å². The van der Waals surface area contributed by atoms with E-state index in [1.54, 1.807) is 24.0 Å². The third kappa shape index (κ3) is 3.54. The second-order valence-corrected chi connectivity index (χ2v) is 4.84. The summed E-state index contributed by atoms with van der Waals surface area (Å²) in [7, 11) is 1.79. The number of aryl methyl sites for hydroxylation is 1. The zero-order valence-electron chi connectivity index (χ0n) is 11.4. The number of nitrogens with two attached hydrogens (primary N) is 1. The Morgan fingerprint density at radius 1 is 1.53 bits per heavy atom. The lowest BCUT2D eigenvalue weighted by Crippen LogP contribution is -2.41. The Morgan fingerprint density at radius 2 is 2.26 bits per heavy atom. The first-order valence-electron chi connectivity index (χ1n) is 6.81. The van der Waals surface area contributed by atoms with Crippen molar-refractivity contribution in [2.45, 2.75) is 25.4 Å². The van der Waals surface area contributed by atoms with Gasteiger partial charge < -0.3 is 15.4 Å². The highest BCUT2D eigenvalue weighted by atomic mass is 16.5. The van der Waals surface area contributed by atoms with E-state index >= 15 is 0 Å².